The van der Waals surface area contributed by atoms with Crippen molar-refractivity contribution < 1.29 is 81.7 Å². The Labute approximate surface area is 387 Å². The van der Waals surface area contributed by atoms with Gasteiger partial charge in [0.15, 0.2) is 6.10 Å². The lowest BCUT2D eigenvalue weighted by atomic mass is 9.87. The highest BCUT2D eigenvalue weighted by molar-refractivity contribution is 7.47. The second kappa shape index (κ2) is 36.9. The Balaban J connectivity index is 2.56. The van der Waals surface area contributed by atoms with Crippen LogP contribution >= 0.6 is 15.6 Å². The number of aliphatic hydroxyl groups is 4. The van der Waals surface area contributed by atoms with Gasteiger partial charge < -0.3 is 44.6 Å². The average molecular weight is 969 g/mol. The molecule has 0 radical (unpaired) electrons. The van der Waals surface area contributed by atoms with E-state index in [1.165, 1.54) is 19.3 Å². The second-order valence-corrected chi connectivity index (χ2v) is 19.7. The molecule has 0 spiro atoms. The first kappa shape index (κ1) is 60.9. The maximum absolute atomic E-state index is 12.9. The van der Waals surface area contributed by atoms with Crippen LogP contribution < -0.4 is 0 Å². The molecule has 0 aromatic heterocycles. The predicted molar refractivity (Wildman–Crippen MR) is 246 cm³/mol. The summed E-state index contributed by atoms with van der Waals surface area (Å²) in [6, 6.07) is 0. The zero-order valence-corrected chi connectivity index (χ0v) is 40.7. The molecule has 0 aliphatic heterocycles. The summed E-state index contributed by atoms with van der Waals surface area (Å²) < 4.78 is 47.8. The van der Waals surface area contributed by atoms with Crippen molar-refractivity contribution >= 4 is 33.4 Å². The molecule has 0 saturated heterocycles. The molecule has 378 valence electrons. The number of carbonyl (C=O) groups is 3. The molecular weight excluding hydrogens is 886 g/mol. The molecule has 1 unspecified atom stereocenters. The van der Waals surface area contributed by atoms with Crippen LogP contribution in [0.25, 0.3) is 0 Å². The van der Waals surface area contributed by atoms with Gasteiger partial charge in [-0.1, -0.05) is 115 Å². The zero-order chi connectivity index (χ0) is 48.4. The maximum Gasteiger partial charge on any atom is 0.472 e. The van der Waals surface area contributed by atoms with E-state index in [-0.39, 0.29) is 44.3 Å². The Kier molecular flexibility index (Phi) is 34.5. The van der Waals surface area contributed by atoms with Gasteiger partial charge in [0.2, 0.25) is 0 Å². The molecule has 1 saturated carbocycles. The van der Waals surface area contributed by atoms with Crippen molar-refractivity contribution in [3.8, 4) is 0 Å². The van der Waals surface area contributed by atoms with E-state index in [1.807, 2.05) is 0 Å². The molecule has 1 fully saturated rings. The van der Waals surface area contributed by atoms with Crippen LogP contribution in [0.3, 0.4) is 0 Å². The van der Waals surface area contributed by atoms with Crippen molar-refractivity contribution in [2.45, 2.75) is 198 Å². The van der Waals surface area contributed by atoms with E-state index in [9.17, 15) is 48.8 Å². The Hall–Kier alpha value is -2.11. The van der Waals surface area contributed by atoms with Crippen LogP contribution in [-0.2, 0) is 46.6 Å². The monoisotopic (exact) mass is 969 g/mol. The number of unbranched alkanes of at least 4 members (excludes halogenated alkanes) is 13. The highest BCUT2D eigenvalue weighted by Gasteiger charge is 2.41. The van der Waals surface area contributed by atoms with Crippen molar-refractivity contribution in [2.75, 3.05) is 26.4 Å². The molecule has 1 rings (SSSR count). The van der Waals surface area contributed by atoms with E-state index >= 15 is 0 Å². The minimum atomic E-state index is -4.92. The van der Waals surface area contributed by atoms with Crippen LogP contribution in [-0.4, -0.2) is 110 Å². The van der Waals surface area contributed by atoms with Crippen LogP contribution in [0.4, 0.5) is 0 Å². The Morgan fingerprint density at radius 3 is 1.86 bits per heavy atom. The van der Waals surface area contributed by atoms with Crippen LogP contribution in [0.2, 0.25) is 0 Å². The molecular formula is C46H82O17P2. The summed E-state index contributed by atoms with van der Waals surface area (Å²) in [5.41, 5.74) is 0. The molecule has 7 N–H and O–H groups in total. The third kappa shape index (κ3) is 33.9. The van der Waals surface area contributed by atoms with Gasteiger partial charge in [0.1, 0.15) is 18.5 Å². The topological polar surface area (TPSA) is 273 Å². The minimum absolute atomic E-state index is 0.0152. The largest absolute Gasteiger partial charge is 0.472 e. The fraction of sp³-hybridized carbons (Fsp3) is 0.804. The van der Waals surface area contributed by atoms with Crippen molar-refractivity contribution in [1.82, 2.24) is 0 Å². The fourth-order valence-corrected chi connectivity index (χ4v) is 8.41. The van der Waals surface area contributed by atoms with Gasteiger partial charge in [-0.25, -0.2) is 9.13 Å². The van der Waals surface area contributed by atoms with Crippen molar-refractivity contribution in [3.63, 3.8) is 0 Å². The Bertz CT molecular complexity index is 1470. The number of ether oxygens (including phenoxy) is 2. The lowest BCUT2D eigenvalue weighted by Gasteiger charge is -2.21. The number of allylic oxidation sites excluding steroid dienone is 4. The van der Waals surface area contributed by atoms with Crippen LogP contribution in [0.1, 0.15) is 168 Å². The Morgan fingerprint density at radius 2 is 1.20 bits per heavy atom. The number of esters is 2. The molecule has 0 amide bonds. The van der Waals surface area contributed by atoms with Gasteiger partial charge in [-0.2, -0.15) is 0 Å². The fourth-order valence-electron chi connectivity index (χ4n) is 7.26. The van der Waals surface area contributed by atoms with Gasteiger partial charge in [0, 0.05) is 43.9 Å². The maximum atomic E-state index is 12.9. The van der Waals surface area contributed by atoms with E-state index in [2.05, 4.69) is 47.2 Å². The predicted octanol–water partition coefficient (Wildman–Crippen LogP) is 8.01. The normalized spacial score (nSPS) is 20.4. The van der Waals surface area contributed by atoms with Crippen LogP contribution in [0, 0.1) is 11.8 Å². The van der Waals surface area contributed by atoms with Crippen molar-refractivity contribution in [1.29, 1.82) is 0 Å². The number of carbonyl (C=O) groups excluding carboxylic acids is 3. The van der Waals surface area contributed by atoms with Crippen molar-refractivity contribution in [2.24, 2.45) is 11.8 Å². The van der Waals surface area contributed by atoms with Crippen LogP contribution in [0.5, 0.6) is 0 Å². The van der Waals surface area contributed by atoms with E-state index in [0.29, 0.717) is 19.3 Å². The molecule has 65 heavy (non-hydrogen) atoms. The first-order valence-electron chi connectivity index (χ1n) is 23.9. The smallest absolute Gasteiger partial charge is 0.462 e. The summed E-state index contributed by atoms with van der Waals surface area (Å²) in [6.07, 6.45) is 24.7. The number of Topliss-reactive ketones (excluding diaryl/α,β-unsaturated/α-hetero) is 1. The summed E-state index contributed by atoms with van der Waals surface area (Å²) in [5.74, 6) is -2.49. The first-order chi connectivity index (χ1) is 31.0. The molecule has 1 aliphatic rings. The summed E-state index contributed by atoms with van der Waals surface area (Å²) in [5, 5.41) is 41.1. The molecule has 19 heteroatoms. The summed E-state index contributed by atoms with van der Waals surface area (Å²) in [6.45, 7) is 1.20. The number of ketones is 1. The third-order valence-electron chi connectivity index (χ3n) is 11.0. The van der Waals surface area contributed by atoms with Crippen molar-refractivity contribution in [3.05, 3.63) is 36.5 Å². The quantitative estimate of drug-likeness (QED) is 0.0132. The molecule has 0 bridgehead atoms. The van der Waals surface area contributed by atoms with E-state index in [0.717, 1.165) is 77.0 Å². The number of phosphoric acid groups is 2. The number of rotatable bonds is 41. The lowest BCUT2D eigenvalue weighted by Crippen LogP contribution is -2.30. The number of hydrogen-bond acceptors (Lipinski definition) is 14. The standard InChI is InChI=1S/C46H82O17P2/c1-3-5-7-8-9-10-11-12-13-14-15-16-17-18-19-20-22-27-45(52)59-35-40(36-62-65(57,58)61-34-39(49)33-60-64(54,55)56)63-46(53)28-24-23-26-38(48)31-42-41(43(50)32-44(42)51)30-29-37(47)25-21-6-4-2/h9-10,12-13,29-30,37,39-44,47,49-51H,3-8,11,14-28,31-36H2,1-2H3,(H,57,58)(H2,54,55,56)/b10-9-,13-12-,30-29+/t37-,39-,40+,41+,42+,43+,44-/m0/s1. The molecule has 0 heterocycles. The zero-order valence-electron chi connectivity index (χ0n) is 38.9. The van der Waals surface area contributed by atoms with Gasteiger partial charge in [-0.3, -0.25) is 28.0 Å². The molecule has 17 nitrogen and oxygen atoms in total. The van der Waals surface area contributed by atoms with Gasteiger partial charge in [0.25, 0.3) is 0 Å². The highest BCUT2D eigenvalue weighted by atomic mass is 31.2. The second-order valence-electron chi connectivity index (χ2n) is 17.0. The average Bonchev–Trinajstić information content (AvgIpc) is 3.51. The number of aliphatic hydroxyl groups excluding tert-OH is 4. The van der Waals surface area contributed by atoms with Crippen LogP contribution in [0.15, 0.2) is 36.5 Å². The molecule has 8 atom stereocenters. The summed E-state index contributed by atoms with van der Waals surface area (Å²) in [4.78, 5) is 65.9. The summed E-state index contributed by atoms with van der Waals surface area (Å²) in [7, 11) is -9.83. The lowest BCUT2D eigenvalue weighted by molar-refractivity contribution is -0.161. The minimum Gasteiger partial charge on any atom is -0.462 e. The van der Waals surface area contributed by atoms with Gasteiger partial charge in [-0.15, -0.1) is 0 Å². The molecule has 1 aliphatic carbocycles. The summed E-state index contributed by atoms with van der Waals surface area (Å²) >= 11 is 0. The van der Waals surface area contributed by atoms with Gasteiger partial charge >= 0.3 is 27.6 Å². The molecule has 0 aromatic rings. The van der Waals surface area contributed by atoms with E-state index in [1.54, 1.807) is 12.2 Å². The molecule has 0 aromatic carbocycles. The van der Waals surface area contributed by atoms with E-state index < -0.39 is 96.4 Å². The Morgan fingerprint density at radius 1 is 0.646 bits per heavy atom. The van der Waals surface area contributed by atoms with E-state index in [4.69, 9.17) is 23.8 Å². The highest BCUT2D eigenvalue weighted by Crippen LogP contribution is 2.44. The third-order valence-corrected chi connectivity index (χ3v) is 12.4. The van der Waals surface area contributed by atoms with Gasteiger partial charge in [-0.05, 0) is 57.8 Å². The van der Waals surface area contributed by atoms with Gasteiger partial charge in [0.05, 0.1) is 38.1 Å². The number of phosphoric ester groups is 2. The number of hydrogen-bond donors (Lipinski definition) is 7. The first-order valence-corrected chi connectivity index (χ1v) is 26.9. The SMILES string of the molecule is CCCCC/C=C\C/C=C\CCCCCCCCCC(=O)OC[C@H](COP(=O)(O)OC[C@@H](O)COP(=O)(O)O)OC(=O)CCCCC(=O)C[C@@H]1[C@@H](/C=C/[C@@H](O)CCCCC)[C@H](O)C[C@@H]1O.